The van der Waals surface area contributed by atoms with Crippen LogP contribution in [0.2, 0.25) is 0 Å². The molecule has 1 N–H and O–H groups in total. The van der Waals surface area contributed by atoms with E-state index >= 15 is 0 Å². The second kappa shape index (κ2) is 2.62. The topological polar surface area (TPSA) is 37.3 Å². The molecule has 2 unspecified atom stereocenters. The average Bonchev–Trinajstić information content (AvgIpc) is 2.59. The van der Waals surface area contributed by atoms with E-state index in [1.165, 1.54) is 5.57 Å². The van der Waals surface area contributed by atoms with E-state index in [4.69, 9.17) is 0 Å². The van der Waals surface area contributed by atoms with E-state index < -0.39 is 11.4 Å². The van der Waals surface area contributed by atoms with Crippen LogP contribution in [-0.4, -0.2) is 11.1 Å². The van der Waals surface area contributed by atoms with E-state index in [-0.39, 0.29) is 5.41 Å². The third kappa shape index (κ3) is 0.999. The minimum absolute atomic E-state index is 0.139. The molecule has 0 heterocycles. The molecule has 78 valence electrons. The summed E-state index contributed by atoms with van der Waals surface area (Å²) in [6.07, 6.45) is 5.00. The number of carbonyl (C=O) groups is 1. The molecule has 2 heteroatoms. The quantitative estimate of drug-likeness (QED) is 0.652. The standard InChI is InChI=1S/C12H18O2/c1-11(2,3)12(10(13)14)7-8-4-5-9(12)6-8/h4,9H,5-7H2,1-3H3,(H,13,14). The maximum Gasteiger partial charge on any atom is 0.310 e. The molecule has 2 nitrogen and oxygen atoms in total. The first-order valence-corrected chi connectivity index (χ1v) is 5.29. The van der Waals surface area contributed by atoms with Crippen molar-refractivity contribution in [2.45, 2.75) is 40.0 Å². The first kappa shape index (κ1) is 9.75. The highest BCUT2D eigenvalue weighted by atomic mass is 16.4. The van der Waals surface area contributed by atoms with Crippen molar-refractivity contribution in [1.29, 1.82) is 0 Å². The molecule has 2 rings (SSSR count). The molecule has 0 aromatic rings. The van der Waals surface area contributed by atoms with Gasteiger partial charge < -0.3 is 5.11 Å². The van der Waals surface area contributed by atoms with Gasteiger partial charge in [-0.2, -0.15) is 0 Å². The Labute approximate surface area is 85.0 Å². The second-order valence-corrected chi connectivity index (χ2v) is 5.70. The molecule has 1 saturated carbocycles. The average molecular weight is 194 g/mol. The van der Waals surface area contributed by atoms with Crippen LogP contribution in [0.3, 0.4) is 0 Å². The Morgan fingerprint density at radius 3 is 2.43 bits per heavy atom. The minimum atomic E-state index is -0.599. The number of fused-ring (bicyclic) bond motifs is 2. The van der Waals surface area contributed by atoms with Crippen molar-refractivity contribution < 1.29 is 9.90 Å². The SMILES string of the molecule is CC(C)(C)C1(C(=O)O)CC2=CCC1C2. The molecular weight excluding hydrogens is 176 g/mol. The highest BCUT2D eigenvalue weighted by Gasteiger charge is 2.59. The predicted molar refractivity (Wildman–Crippen MR) is 54.9 cm³/mol. The zero-order chi connectivity index (χ0) is 10.6. The Balaban J connectivity index is 2.45. The van der Waals surface area contributed by atoms with Crippen LogP contribution in [0.25, 0.3) is 0 Å². The first-order chi connectivity index (χ1) is 6.38. The van der Waals surface area contributed by atoms with Crippen LogP contribution >= 0.6 is 0 Å². The Hall–Kier alpha value is -0.790. The molecule has 0 aromatic carbocycles. The van der Waals surface area contributed by atoms with Gasteiger partial charge >= 0.3 is 5.97 Å². The van der Waals surface area contributed by atoms with Gasteiger partial charge in [0.25, 0.3) is 0 Å². The van der Waals surface area contributed by atoms with Crippen molar-refractivity contribution in [3.8, 4) is 0 Å². The summed E-state index contributed by atoms with van der Waals surface area (Å²) in [6, 6.07) is 0. The van der Waals surface area contributed by atoms with Gasteiger partial charge in [-0.15, -0.1) is 0 Å². The molecule has 0 saturated heterocycles. The summed E-state index contributed by atoms with van der Waals surface area (Å²) < 4.78 is 0. The zero-order valence-corrected chi connectivity index (χ0v) is 9.13. The smallest absolute Gasteiger partial charge is 0.310 e. The predicted octanol–water partition coefficient (Wildman–Crippen LogP) is 2.84. The zero-order valence-electron chi connectivity index (χ0n) is 9.13. The van der Waals surface area contributed by atoms with E-state index in [2.05, 4.69) is 26.8 Å². The largest absolute Gasteiger partial charge is 0.481 e. The van der Waals surface area contributed by atoms with Crippen molar-refractivity contribution in [3.63, 3.8) is 0 Å². The summed E-state index contributed by atoms with van der Waals surface area (Å²) in [5.41, 5.74) is 0.726. The molecule has 0 amide bonds. The molecular formula is C12H18O2. The summed E-state index contributed by atoms with van der Waals surface area (Å²) in [5, 5.41) is 9.49. The van der Waals surface area contributed by atoms with Crippen LogP contribution in [0.15, 0.2) is 11.6 Å². The van der Waals surface area contributed by atoms with Crippen molar-refractivity contribution in [3.05, 3.63) is 11.6 Å². The van der Waals surface area contributed by atoms with Gasteiger partial charge in [-0.25, -0.2) is 0 Å². The monoisotopic (exact) mass is 194 g/mol. The van der Waals surface area contributed by atoms with Crippen molar-refractivity contribution in [2.75, 3.05) is 0 Å². The number of hydrogen-bond donors (Lipinski definition) is 1. The molecule has 0 aliphatic heterocycles. The number of carboxylic acid groups (broad SMARTS) is 1. The molecule has 2 aliphatic carbocycles. The Kier molecular flexibility index (Phi) is 1.82. The highest BCUT2D eigenvalue weighted by Crippen LogP contribution is 2.60. The second-order valence-electron chi connectivity index (χ2n) is 5.70. The number of hydrogen-bond acceptors (Lipinski definition) is 1. The van der Waals surface area contributed by atoms with Gasteiger partial charge in [-0.05, 0) is 30.6 Å². The van der Waals surface area contributed by atoms with Crippen molar-refractivity contribution in [2.24, 2.45) is 16.7 Å². The van der Waals surface area contributed by atoms with E-state index in [1.807, 2.05) is 0 Å². The molecule has 0 aromatic heterocycles. The van der Waals surface area contributed by atoms with Gasteiger partial charge in [0.15, 0.2) is 0 Å². The Morgan fingerprint density at radius 1 is 1.57 bits per heavy atom. The normalized spacial score (nSPS) is 35.9. The first-order valence-electron chi connectivity index (χ1n) is 5.29. The molecule has 0 radical (unpaired) electrons. The van der Waals surface area contributed by atoms with Crippen LogP contribution in [0, 0.1) is 16.7 Å². The van der Waals surface area contributed by atoms with Crippen LogP contribution in [0.4, 0.5) is 0 Å². The van der Waals surface area contributed by atoms with Gasteiger partial charge in [-0.1, -0.05) is 32.4 Å². The van der Waals surface area contributed by atoms with Gasteiger partial charge in [0, 0.05) is 0 Å². The summed E-state index contributed by atoms with van der Waals surface area (Å²) in [6.45, 7) is 6.17. The van der Waals surface area contributed by atoms with Crippen LogP contribution in [0.1, 0.15) is 40.0 Å². The van der Waals surface area contributed by atoms with E-state index in [9.17, 15) is 9.90 Å². The van der Waals surface area contributed by atoms with Gasteiger partial charge in [0.05, 0.1) is 5.41 Å². The number of carboxylic acids is 1. The molecule has 1 fully saturated rings. The van der Waals surface area contributed by atoms with Crippen molar-refractivity contribution in [1.82, 2.24) is 0 Å². The molecule has 14 heavy (non-hydrogen) atoms. The molecule has 2 aliphatic rings. The lowest BCUT2D eigenvalue weighted by Crippen LogP contribution is -2.46. The summed E-state index contributed by atoms with van der Waals surface area (Å²) >= 11 is 0. The van der Waals surface area contributed by atoms with Gasteiger partial charge in [-0.3, -0.25) is 4.79 Å². The summed E-state index contributed by atoms with van der Waals surface area (Å²) in [4.78, 5) is 11.5. The van der Waals surface area contributed by atoms with Crippen LogP contribution < -0.4 is 0 Å². The van der Waals surface area contributed by atoms with Crippen LogP contribution in [0.5, 0.6) is 0 Å². The maximum absolute atomic E-state index is 11.5. The summed E-state index contributed by atoms with van der Waals surface area (Å²) in [5.74, 6) is -0.256. The highest BCUT2D eigenvalue weighted by molar-refractivity contribution is 5.78. The fourth-order valence-electron chi connectivity index (χ4n) is 3.26. The van der Waals surface area contributed by atoms with E-state index in [0.29, 0.717) is 5.92 Å². The molecule has 0 spiro atoms. The molecule has 2 bridgehead atoms. The Bertz CT molecular complexity index is 309. The Morgan fingerprint density at radius 2 is 2.21 bits per heavy atom. The lowest BCUT2D eigenvalue weighted by Gasteiger charge is -2.43. The van der Waals surface area contributed by atoms with Crippen LogP contribution in [-0.2, 0) is 4.79 Å². The van der Waals surface area contributed by atoms with E-state index in [1.54, 1.807) is 0 Å². The third-order valence-electron chi connectivity index (χ3n) is 4.12. The lowest BCUT2D eigenvalue weighted by molar-refractivity contribution is -0.160. The number of rotatable bonds is 1. The molecule has 2 atom stereocenters. The number of aliphatic carboxylic acids is 1. The minimum Gasteiger partial charge on any atom is -0.481 e. The maximum atomic E-state index is 11.5. The third-order valence-corrected chi connectivity index (χ3v) is 4.12. The summed E-state index contributed by atoms with van der Waals surface area (Å²) in [7, 11) is 0. The van der Waals surface area contributed by atoms with Gasteiger partial charge in [0.1, 0.15) is 0 Å². The lowest BCUT2D eigenvalue weighted by atomic mass is 9.59. The van der Waals surface area contributed by atoms with Crippen molar-refractivity contribution >= 4 is 5.97 Å². The fraction of sp³-hybridized carbons (Fsp3) is 0.750. The van der Waals surface area contributed by atoms with E-state index in [0.717, 1.165) is 19.3 Å². The number of allylic oxidation sites excluding steroid dienone is 2. The fourth-order valence-corrected chi connectivity index (χ4v) is 3.26. The van der Waals surface area contributed by atoms with Gasteiger partial charge in [0.2, 0.25) is 0 Å².